The lowest BCUT2D eigenvalue weighted by atomic mass is 9.95. The molecule has 1 unspecified atom stereocenters. The van der Waals surface area contributed by atoms with Crippen molar-refractivity contribution in [2.75, 3.05) is 17.1 Å². The van der Waals surface area contributed by atoms with Crippen LogP contribution in [0, 0.1) is 13.8 Å². The van der Waals surface area contributed by atoms with E-state index in [1.165, 1.54) is 10.7 Å². The number of hydrogen-bond donors (Lipinski definition) is 1. The SMILES string of the molecule is Cc1cccc(CN(C(=O)CCCN(c2cccc(Cl)c2C)S(C)(=O)=O)C(C)C(=O)NC2CCCCC2)c1. The van der Waals surface area contributed by atoms with Crippen LogP contribution in [0.1, 0.15) is 68.6 Å². The number of sulfonamides is 1. The highest BCUT2D eigenvalue weighted by molar-refractivity contribution is 7.92. The number of carbonyl (C=O) groups is 2. The molecule has 1 N–H and O–H groups in total. The highest BCUT2D eigenvalue weighted by atomic mass is 35.5. The van der Waals surface area contributed by atoms with E-state index in [2.05, 4.69) is 5.32 Å². The Labute approximate surface area is 232 Å². The summed E-state index contributed by atoms with van der Waals surface area (Å²) in [6.07, 6.45) is 6.90. The number of halogens is 1. The van der Waals surface area contributed by atoms with Gasteiger partial charge in [-0.25, -0.2) is 8.42 Å². The lowest BCUT2D eigenvalue weighted by Crippen LogP contribution is -2.50. The van der Waals surface area contributed by atoms with E-state index in [9.17, 15) is 18.0 Å². The van der Waals surface area contributed by atoms with Crippen LogP contribution < -0.4 is 9.62 Å². The predicted molar refractivity (Wildman–Crippen MR) is 154 cm³/mol. The first-order valence-electron chi connectivity index (χ1n) is 13.4. The zero-order valence-corrected chi connectivity index (χ0v) is 24.4. The van der Waals surface area contributed by atoms with Crippen molar-refractivity contribution < 1.29 is 18.0 Å². The lowest BCUT2D eigenvalue weighted by Gasteiger charge is -2.31. The Morgan fingerprint density at radius 2 is 1.76 bits per heavy atom. The lowest BCUT2D eigenvalue weighted by molar-refractivity contribution is -0.141. The first-order valence-corrected chi connectivity index (χ1v) is 15.6. The van der Waals surface area contributed by atoms with Crippen molar-refractivity contribution in [1.29, 1.82) is 0 Å². The summed E-state index contributed by atoms with van der Waals surface area (Å²) in [7, 11) is -3.59. The maximum absolute atomic E-state index is 13.5. The molecule has 1 aliphatic carbocycles. The number of aryl methyl sites for hydroxylation is 1. The quantitative estimate of drug-likeness (QED) is 0.399. The number of rotatable bonds is 11. The summed E-state index contributed by atoms with van der Waals surface area (Å²) in [6, 6.07) is 12.5. The molecule has 3 rings (SSSR count). The van der Waals surface area contributed by atoms with Crippen molar-refractivity contribution in [3.05, 3.63) is 64.2 Å². The Morgan fingerprint density at radius 3 is 2.42 bits per heavy atom. The van der Waals surface area contributed by atoms with Gasteiger partial charge in [0.25, 0.3) is 0 Å². The first-order chi connectivity index (χ1) is 18.0. The maximum atomic E-state index is 13.5. The Balaban J connectivity index is 1.74. The number of benzene rings is 2. The molecule has 0 bridgehead atoms. The largest absolute Gasteiger partial charge is 0.352 e. The Morgan fingerprint density at radius 1 is 1.08 bits per heavy atom. The molecule has 38 heavy (non-hydrogen) atoms. The van der Waals surface area contributed by atoms with Gasteiger partial charge < -0.3 is 10.2 Å². The van der Waals surface area contributed by atoms with Crippen LogP contribution in [0.15, 0.2) is 42.5 Å². The summed E-state index contributed by atoms with van der Waals surface area (Å²) in [5.41, 5.74) is 3.20. The number of nitrogens with zero attached hydrogens (tertiary/aromatic N) is 2. The van der Waals surface area contributed by atoms with E-state index in [0.717, 1.165) is 43.1 Å². The molecule has 0 aromatic heterocycles. The van der Waals surface area contributed by atoms with Gasteiger partial charge in [-0.15, -0.1) is 0 Å². The topological polar surface area (TPSA) is 86.8 Å². The highest BCUT2D eigenvalue weighted by Crippen LogP contribution is 2.28. The summed E-state index contributed by atoms with van der Waals surface area (Å²) >= 11 is 6.24. The molecular formula is C29H40ClN3O4S. The van der Waals surface area contributed by atoms with Crippen LogP contribution in [-0.4, -0.2) is 50.0 Å². The number of nitrogens with one attached hydrogen (secondary N) is 1. The molecule has 208 valence electrons. The second kappa shape index (κ2) is 13.5. The van der Waals surface area contributed by atoms with E-state index in [1.807, 2.05) is 31.2 Å². The molecular weight excluding hydrogens is 522 g/mol. The second-order valence-corrected chi connectivity index (χ2v) is 12.7. The molecule has 9 heteroatoms. The second-order valence-electron chi connectivity index (χ2n) is 10.4. The Bertz CT molecular complexity index is 1230. The molecule has 1 aliphatic rings. The monoisotopic (exact) mass is 561 g/mol. The molecule has 1 saturated carbocycles. The van der Waals surface area contributed by atoms with Gasteiger partial charge in [0.2, 0.25) is 21.8 Å². The van der Waals surface area contributed by atoms with Crippen molar-refractivity contribution in [1.82, 2.24) is 10.2 Å². The summed E-state index contributed by atoms with van der Waals surface area (Å²) in [5, 5.41) is 3.63. The molecule has 0 saturated heterocycles. The van der Waals surface area contributed by atoms with Crippen molar-refractivity contribution in [3.8, 4) is 0 Å². The molecule has 1 atom stereocenters. The normalized spacial score (nSPS) is 15.1. The van der Waals surface area contributed by atoms with E-state index in [-0.39, 0.29) is 30.8 Å². The van der Waals surface area contributed by atoms with Crippen molar-refractivity contribution >= 4 is 39.1 Å². The fourth-order valence-corrected chi connectivity index (χ4v) is 6.19. The van der Waals surface area contributed by atoms with Crippen molar-refractivity contribution in [3.63, 3.8) is 0 Å². The minimum atomic E-state index is -3.59. The molecule has 2 aromatic carbocycles. The zero-order chi connectivity index (χ0) is 27.9. The number of anilines is 1. The first kappa shape index (κ1) is 30.0. The van der Waals surface area contributed by atoms with Crippen LogP contribution in [0.25, 0.3) is 0 Å². The summed E-state index contributed by atoms with van der Waals surface area (Å²) in [6.45, 7) is 5.98. The summed E-state index contributed by atoms with van der Waals surface area (Å²) in [5.74, 6) is -0.334. The number of hydrogen-bond acceptors (Lipinski definition) is 4. The van der Waals surface area contributed by atoms with Crippen LogP contribution in [0.2, 0.25) is 5.02 Å². The highest BCUT2D eigenvalue weighted by Gasteiger charge is 2.28. The van der Waals surface area contributed by atoms with Gasteiger partial charge in [-0.1, -0.05) is 66.8 Å². The standard InChI is InChI=1S/C29H40ClN3O4S/c1-21-11-8-12-24(19-21)20-32(23(3)29(35)31-25-13-6-5-7-14-25)28(34)17-10-18-33(38(4,36)37)27-16-9-15-26(30)22(27)2/h8-9,11-12,15-16,19,23,25H,5-7,10,13-14,17-18,20H2,1-4H3,(H,31,35). The van der Waals surface area contributed by atoms with E-state index < -0.39 is 16.1 Å². The molecule has 2 amide bonds. The average Bonchev–Trinajstić information content (AvgIpc) is 2.86. The Hall–Kier alpha value is -2.58. The van der Waals surface area contributed by atoms with Gasteiger partial charge in [-0.2, -0.15) is 0 Å². The molecule has 0 spiro atoms. The third-order valence-corrected chi connectivity index (χ3v) is 8.80. The van der Waals surface area contributed by atoms with Crippen LogP contribution in [0.5, 0.6) is 0 Å². The molecule has 1 fully saturated rings. The molecule has 0 aliphatic heterocycles. The number of amides is 2. The van der Waals surface area contributed by atoms with Gasteiger partial charge in [-0.05, 0) is 63.3 Å². The van der Waals surface area contributed by atoms with Crippen LogP contribution in [0.4, 0.5) is 5.69 Å². The minimum absolute atomic E-state index is 0.110. The van der Waals surface area contributed by atoms with Gasteiger partial charge in [0.15, 0.2) is 0 Å². The van der Waals surface area contributed by atoms with E-state index in [0.29, 0.717) is 29.2 Å². The maximum Gasteiger partial charge on any atom is 0.242 e. The third-order valence-electron chi connectivity index (χ3n) is 7.21. The van der Waals surface area contributed by atoms with Gasteiger partial charge in [-0.3, -0.25) is 13.9 Å². The smallest absolute Gasteiger partial charge is 0.242 e. The number of carbonyl (C=O) groups excluding carboxylic acids is 2. The Kier molecular flexibility index (Phi) is 10.6. The van der Waals surface area contributed by atoms with Crippen molar-refractivity contribution in [2.24, 2.45) is 0 Å². The minimum Gasteiger partial charge on any atom is -0.352 e. The van der Waals surface area contributed by atoms with Crippen LogP contribution in [0.3, 0.4) is 0 Å². The van der Waals surface area contributed by atoms with Gasteiger partial charge >= 0.3 is 0 Å². The third kappa shape index (κ3) is 8.21. The summed E-state index contributed by atoms with van der Waals surface area (Å²) < 4.78 is 26.5. The van der Waals surface area contributed by atoms with Gasteiger partial charge in [0.05, 0.1) is 11.9 Å². The summed E-state index contributed by atoms with van der Waals surface area (Å²) in [4.78, 5) is 28.3. The van der Waals surface area contributed by atoms with Gasteiger partial charge in [0, 0.05) is 30.6 Å². The van der Waals surface area contributed by atoms with Gasteiger partial charge in [0.1, 0.15) is 6.04 Å². The molecule has 7 nitrogen and oxygen atoms in total. The van der Waals surface area contributed by atoms with Crippen LogP contribution >= 0.6 is 11.6 Å². The molecule has 0 heterocycles. The van der Waals surface area contributed by atoms with Crippen molar-refractivity contribution in [2.45, 2.75) is 84.3 Å². The van der Waals surface area contributed by atoms with E-state index in [1.54, 1.807) is 36.9 Å². The zero-order valence-electron chi connectivity index (χ0n) is 22.9. The fourth-order valence-electron chi connectivity index (χ4n) is 5.01. The molecule has 0 radical (unpaired) electrons. The van der Waals surface area contributed by atoms with E-state index in [4.69, 9.17) is 11.6 Å². The van der Waals surface area contributed by atoms with Crippen LogP contribution in [-0.2, 0) is 26.2 Å². The fraction of sp³-hybridized carbons (Fsp3) is 0.517. The predicted octanol–water partition coefficient (Wildman–Crippen LogP) is 5.37. The average molecular weight is 562 g/mol. The molecule has 2 aromatic rings. The van der Waals surface area contributed by atoms with E-state index >= 15 is 0 Å².